The third-order valence-electron chi connectivity index (χ3n) is 2.02. The normalized spacial score (nSPS) is 11.4. The molecule has 0 saturated heterocycles. The third-order valence-corrected chi connectivity index (χ3v) is 3.17. The van der Waals surface area contributed by atoms with Crippen LogP contribution in [0.3, 0.4) is 0 Å². The lowest BCUT2D eigenvalue weighted by Gasteiger charge is -2.05. The molecule has 1 aromatic heterocycles. The van der Waals surface area contributed by atoms with Crippen molar-refractivity contribution in [3.05, 3.63) is 15.6 Å². The summed E-state index contributed by atoms with van der Waals surface area (Å²) in [5, 5.41) is 1.02. The summed E-state index contributed by atoms with van der Waals surface area (Å²) in [5.74, 6) is 0.442. The van der Waals surface area contributed by atoms with Crippen LogP contribution >= 0.6 is 11.3 Å². The summed E-state index contributed by atoms with van der Waals surface area (Å²) in [6, 6.07) is 0. The van der Waals surface area contributed by atoms with Gasteiger partial charge < -0.3 is 4.90 Å². The third kappa shape index (κ3) is 3.11. The first-order chi connectivity index (χ1) is 6.91. The second kappa shape index (κ2) is 4.86. The van der Waals surface area contributed by atoms with Crippen molar-refractivity contribution in [1.82, 2.24) is 9.88 Å². The number of aromatic nitrogens is 1. The van der Waals surface area contributed by atoms with E-state index in [1.807, 2.05) is 14.1 Å². The molecule has 0 saturated carbocycles. The average molecular weight is 226 g/mol. The van der Waals surface area contributed by atoms with Crippen LogP contribution in [-0.4, -0.2) is 29.8 Å². The van der Waals surface area contributed by atoms with Crippen LogP contribution in [0.2, 0.25) is 0 Å². The van der Waals surface area contributed by atoms with Gasteiger partial charge >= 0.3 is 0 Å². The maximum absolute atomic E-state index is 11.4. The molecule has 0 fully saturated rings. The standard InChI is InChI=1S/C11H18N2OS/c1-7(2)10-11(8(3)14)15-9(12-10)6-13(4)5/h7H,6H2,1-5H3. The Bertz CT molecular complexity index is 355. The first kappa shape index (κ1) is 12.3. The zero-order chi connectivity index (χ0) is 11.6. The van der Waals surface area contributed by atoms with Crippen LogP contribution in [0.5, 0.6) is 0 Å². The minimum atomic E-state index is 0.126. The van der Waals surface area contributed by atoms with Crippen molar-refractivity contribution in [1.29, 1.82) is 0 Å². The van der Waals surface area contributed by atoms with Crippen molar-refractivity contribution in [3.63, 3.8) is 0 Å². The summed E-state index contributed by atoms with van der Waals surface area (Å²) in [6.07, 6.45) is 0. The summed E-state index contributed by atoms with van der Waals surface area (Å²) in [6.45, 7) is 6.55. The molecule has 0 atom stereocenters. The van der Waals surface area contributed by atoms with E-state index in [9.17, 15) is 4.79 Å². The van der Waals surface area contributed by atoms with Gasteiger partial charge in [0.1, 0.15) is 5.01 Å². The lowest BCUT2D eigenvalue weighted by atomic mass is 10.1. The molecule has 0 aliphatic rings. The number of nitrogens with zero attached hydrogens (tertiary/aromatic N) is 2. The molecule has 0 aromatic carbocycles. The van der Waals surface area contributed by atoms with E-state index in [-0.39, 0.29) is 5.78 Å². The fraction of sp³-hybridized carbons (Fsp3) is 0.636. The van der Waals surface area contributed by atoms with E-state index in [0.717, 1.165) is 22.1 Å². The van der Waals surface area contributed by atoms with Crippen LogP contribution in [-0.2, 0) is 6.54 Å². The fourth-order valence-electron chi connectivity index (χ4n) is 1.36. The number of rotatable bonds is 4. The molecule has 0 spiro atoms. The van der Waals surface area contributed by atoms with E-state index in [0.29, 0.717) is 5.92 Å². The summed E-state index contributed by atoms with van der Waals surface area (Å²) in [4.78, 5) is 18.8. The van der Waals surface area contributed by atoms with Gasteiger partial charge in [0, 0.05) is 13.5 Å². The summed E-state index contributed by atoms with van der Waals surface area (Å²) in [5.41, 5.74) is 0.948. The summed E-state index contributed by atoms with van der Waals surface area (Å²) < 4.78 is 0. The number of hydrogen-bond acceptors (Lipinski definition) is 4. The van der Waals surface area contributed by atoms with E-state index in [2.05, 4.69) is 23.7 Å². The van der Waals surface area contributed by atoms with E-state index in [1.165, 1.54) is 11.3 Å². The van der Waals surface area contributed by atoms with Gasteiger partial charge in [-0.3, -0.25) is 4.79 Å². The molecule has 15 heavy (non-hydrogen) atoms. The van der Waals surface area contributed by atoms with Crippen molar-refractivity contribution in [2.75, 3.05) is 14.1 Å². The molecule has 0 bridgehead atoms. The maximum atomic E-state index is 11.4. The molecular weight excluding hydrogens is 208 g/mol. The molecule has 0 aliphatic heterocycles. The largest absolute Gasteiger partial charge is 0.303 e. The highest BCUT2D eigenvalue weighted by Gasteiger charge is 2.17. The Morgan fingerprint density at radius 2 is 2.07 bits per heavy atom. The monoisotopic (exact) mass is 226 g/mol. The van der Waals surface area contributed by atoms with Crippen LogP contribution in [0, 0.1) is 0 Å². The van der Waals surface area contributed by atoms with Crippen molar-refractivity contribution < 1.29 is 4.79 Å². The highest BCUT2D eigenvalue weighted by molar-refractivity contribution is 7.13. The van der Waals surface area contributed by atoms with Crippen molar-refractivity contribution in [2.45, 2.75) is 33.2 Å². The molecule has 1 aromatic rings. The van der Waals surface area contributed by atoms with Crippen molar-refractivity contribution in [2.24, 2.45) is 0 Å². The van der Waals surface area contributed by atoms with Gasteiger partial charge in [-0.25, -0.2) is 4.98 Å². The number of Topliss-reactive ketones (excluding diaryl/α,β-unsaturated/α-hetero) is 1. The molecule has 0 aliphatic carbocycles. The SMILES string of the molecule is CC(=O)c1sc(CN(C)C)nc1C(C)C. The van der Waals surface area contributed by atoms with Gasteiger partial charge in [0.05, 0.1) is 10.6 Å². The van der Waals surface area contributed by atoms with Gasteiger partial charge in [-0.2, -0.15) is 0 Å². The fourth-order valence-corrected chi connectivity index (χ4v) is 2.59. The van der Waals surface area contributed by atoms with Gasteiger partial charge in [-0.15, -0.1) is 11.3 Å². The molecule has 1 rings (SSSR count). The quantitative estimate of drug-likeness (QED) is 0.740. The van der Waals surface area contributed by atoms with E-state index >= 15 is 0 Å². The topological polar surface area (TPSA) is 33.2 Å². The minimum Gasteiger partial charge on any atom is -0.303 e. The first-order valence-corrected chi connectivity index (χ1v) is 5.88. The molecule has 1 heterocycles. The van der Waals surface area contributed by atoms with Crippen LogP contribution in [0.25, 0.3) is 0 Å². The number of ketones is 1. The average Bonchev–Trinajstić information content (AvgIpc) is 2.46. The van der Waals surface area contributed by atoms with Crippen molar-refractivity contribution >= 4 is 17.1 Å². The second-order valence-corrected chi connectivity index (χ2v) is 5.35. The van der Waals surface area contributed by atoms with Gasteiger partial charge in [-0.1, -0.05) is 13.8 Å². The Hall–Kier alpha value is -0.740. The van der Waals surface area contributed by atoms with Gasteiger partial charge in [0.2, 0.25) is 0 Å². The minimum absolute atomic E-state index is 0.126. The molecule has 0 amide bonds. The van der Waals surface area contributed by atoms with Gasteiger partial charge in [-0.05, 0) is 20.0 Å². The first-order valence-electron chi connectivity index (χ1n) is 5.07. The predicted molar refractivity (Wildman–Crippen MR) is 63.6 cm³/mol. The molecular formula is C11H18N2OS. The van der Waals surface area contributed by atoms with Crippen molar-refractivity contribution in [3.8, 4) is 0 Å². The van der Waals surface area contributed by atoms with Gasteiger partial charge in [0.25, 0.3) is 0 Å². The Balaban J connectivity index is 3.04. The van der Waals surface area contributed by atoms with Crippen LogP contribution < -0.4 is 0 Å². The van der Waals surface area contributed by atoms with E-state index < -0.39 is 0 Å². The Labute approximate surface area is 95.1 Å². The highest BCUT2D eigenvalue weighted by Crippen LogP contribution is 2.26. The molecule has 0 unspecified atom stereocenters. The molecule has 0 radical (unpaired) electrons. The zero-order valence-corrected chi connectivity index (χ0v) is 10.8. The smallest absolute Gasteiger partial charge is 0.171 e. The zero-order valence-electron chi connectivity index (χ0n) is 10.00. The number of thiazole rings is 1. The molecule has 0 N–H and O–H groups in total. The Kier molecular flexibility index (Phi) is 3.99. The molecule has 4 heteroatoms. The number of hydrogen-bond donors (Lipinski definition) is 0. The summed E-state index contributed by atoms with van der Waals surface area (Å²) >= 11 is 1.52. The van der Waals surface area contributed by atoms with Gasteiger partial charge in [0.15, 0.2) is 5.78 Å². The van der Waals surface area contributed by atoms with E-state index in [4.69, 9.17) is 0 Å². The number of carbonyl (C=O) groups is 1. The maximum Gasteiger partial charge on any atom is 0.171 e. The lowest BCUT2D eigenvalue weighted by Crippen LogP contribution is -2.10. The summed E-state index contributed by atoms with van der Waals surface area (Å²) in [7, 11) is 4.01. The molecule has 3 nitrogen and oxygen atoms in total. The van der Waals surface area contributed by atoms with E-state index in [1.54, 1.807) is 6.92 Å². The lowest BCUT2D eigenvalue weighted by molar-refractivity contribution is 0.102. The van der Waals surface area contributed by atoms with Crippen LogP contribution in [0.4, 0.5) is 0 Å². The predicted octanol–water partition coefficient (Wildman–Crippen LogP) is 2.53. The highest BCUT2D eigenvalue weighted by atomic mass is 32.1. The second-order valence-electron chi connectivity index (χ2n) is 4.27. The number of carbonyl (C=O) groups excluding carboxylic acids is 1. The van der Waals surface area contributed by atoms with Crippen LogP contribution in [0.15, 0.2) is 0 Å². The Morgan fingerprint density at radius 3 is 2.40 bits per heavy atom. The molecule has 84 valence electrons. The Morgan fingerprint density at radius 1 is 1.47 bits per heavy atom. The van der Waals surface area contributed by atoms with Crippen LogP contribution in [0.1, 0.15) is 47.1 Å².